The van der Waals surface area contributed by atoms with Crippen LogP contribution in [0.1, 0.15) is 39.7 Å². The lowest BCUT2D eigenvalue weighted by atomic mass is 9.65. The topological polar surface area (TPSA) is 39.2 Å². The molecule has 4 aromatic rings. The van der Waals surface area contributed by atoms with Crippen molar-refractivity contribution < 1.29 is 9.53 Å². The van der Waals surface area contributed by atoms with Gasteiger partial charge in [0.1, 0.15) is 11.5 Å². The Labute approximate surface area is 169 Å². The molecule has 0 atom stereocenters. The minimum absolute atomic E-state index is 0.0386. The van der Waals surface area contributed by atoms with E-state index >= 15 is 0 Å². The van der Waals surface area contributed by atoms with Gasteiger partial charge in [0.25, 0.3) is 0 Å². The Morgan fingerprint density at radius 3 is 2.07 bits per heavy atom. The van der Waals surface area contributed by atoms with Gasteiger partial charge in [-0.05, 0) is 42.8 Å². The van der Waals surface area contributed by atoms with Crippen LogP contribution in [-0.4, -0.2) is 10.8 Å². The Hall–Kier alpha value is -3.72. The van der Waals surface area contributed by atoms with Crippen LogP contribution in [0.15, 0.2) is 97.2 Å². The number of aromatic nitrogens is 1. The molecule has 0 spiro atoms. The van der Waals surface area contributed by atoms with Gasteiger partial charge >= 0.3 is 0 Å². The standard InChI is InChI=1S/C26H19NO2/c1-18(28)19-9-8-10-20(17-19)26(25-15-6-7-16-27-25)21-11-2-4-13-23(21)29-24-14-5-3-12-22(24)26/h2-17H,1H3. The molecule has 0 fully saturated rings. The maximum atomic E-state index is 12.2. The van der Waals surface area contributed by atoms with Gasteiger partial charge in [0, 0.05) is 22.9 Å². The highest BCUT2D eigenvalue weighted by atomic mass is 16.5. The van der Waals surface area contributed by atoms with E-state index in [2.05, 4.69) is 18.2 Å². The molecule has 0 radical (unpaired) electrons. The van der Waals surface area contributed by atoms with Crippen LogP contribution in [0.5, 0.6) is 11.5 Å². The molecule has 0 saturated heterocycles. The molecular formula is C26H19NO2. The molecule has 1 aliphatic rings. The summed E-state index contributed by atoms with van der Waals surface area (Å²) in [4.78, 5) is 17.0. The first-order valence-corrected chi connectivity index (χ1v) is 9.61. The number of ketones is 1. The van der Waals surface area contributed by atoms with Crippen molar-refractivity contribution in [2.45, 2.75) is 12.3 Å². The largest absolute Gasteiger partial charge is 0.457 e. The molecule has 0 unspecified atom stereocenters. The minimum atomic E-state index is -0.682. The molecule has 1 aliphatic heterocycles. The van der Waals surface area contributed by atoms with Crippen molar-refractivity contribution in [1.82, 2.24) is 4.98 Å². The van der Waals surface area contributed by atoms with Gasteiger partial charge in [0.2, 0.25) is 0 Å². The van der Waals surface area contributed by atoms with Crippen molar-refractivity contribution in [2.75, 3.05) is 0 Å². The first-order valence-electron chi connectivity index (χ1n) is 9.61. The van der Waals surface area contributed by atoms with Crippen molar-refractivity contribution in [3.63, 3.8) is 0 Å². The van der Waals surface area contributed by atoms with Gasteiger partial charge in [-0.25, -0.2) is 0 Å². The van der Waals surface area contributed by atoms with Crippen LogP contribution in [0.25, 0.3) is 0 Å². The second-order valence-corrected chi connectivity index (χ2v) is 7.20. The molecule has 29 heavy (non-hydrogen) atoms. The zero-order valence-electron chi connectivity index (χ0n) is 16.0. The fraction of sp³-hybridized carbons (Fsp3) is 0.0769. The Balaban J connectivity index is 1.95. The van der Waals surface area contributed by atoms with Crippen LogP contribution in [0.3, 0.4) is 0 Å². The fourth-order valence-corrected chi connectivity index (χ4v) is 4.29. The van der Waals surface area contributed by atoms with E-state index in [4.69, 9.17) is 9.72 Å². The van der Waals surface area contributed by atoms with Gasteiger partial charge in [0.05, 0.1) is 11.1 Å². The number of nitrogens with zero attached hydrogens (tertiary/aromatic N) is 1. The first-order chi connectivity index (χ1) is 14.2. The highest BCUT2D eigenvalue weighted by Crippen LogP contribution is 2.54. The number of ether oxygens (including phenoxy) is 1. The number of hydrogen-bond donors (Lipinski definition) is 0. The molecule has 3 nitrogen and oxygen atoms in total. The van der Waals surface area contributed by atoms with E-state index < -0.39 is 5.41 Å². The van der Waals surface area contributed by atoms with E-state index in [-0.39, 0.29) is 5.78 Å². The lowest BCUT2D eigenvalue weighted by Crippen LogP contribution is -2.35. The molecule has 5 rings (SSSR count). The van der Waals surface area contributed by atoms with Gasteiger partial charge in [-0.15, -0.1) is 0 Å². The predicted octanol–water partition coefficient (Wildman–Crippen LogP) is 5.77. The van der Waals surface area contributed by atoms with Crippen molar-refractivity contribution in [1.29, 1.82) is 0 Å². The molecule has 140 valence electrons. The summed E-state index contributed by atoms with van der Waals surface area (Å²) < 4.78 is 6.26. The number of Topliss-reactive ketones (excluding diaryl/α,β-unsaturated/α-hetero) is 1. The third-order valence-corrected chi connectivity index (χ3v) is 5.55. The Morgan fingerprint density at radius 2 is 1.45 bits per heavy atom. The van der Waals surface area contributed by atoms with Crippen LogP contribution in [0.2, 0.25) is 0 Å². The summed E-state index contributed by atoms with van der Waals surface area (Å²) in [5.74, 6) is 1.63. The lowest BCUT2D eigenvalue weighted by Gasteiger charge is -2.40. The zero-order valence-corrected chi connectivity index (χ0v) is 16.0. The summed E-state index contributed by atoms with van der Waals surface area (Å²) in [7, 11) is 0. The molecule has 2 heterocycles. The molecule has 0 amide bonds. The van der Waals surface area contributed by atoms with Gasteiger partial charge < -0.3 is 4.74 Å². The summed E-state index contributed by atoms with van der Waals surface area (Å²) in [5, 5.41) is 0. The lowest BCUT2D eigenvalue weighted by molar-refractivity contribution is 0.101. The second-order valence-electron chi connectivity index (χ2n) is 7.20. The van der Waals surface area contributed by atoms with Gasteiger partial charge in [-0.2, -0.15) is 0 Å². The Morgan fingerprint density at radius 1 is 0.793 bits per heavy atom. The molecule has 0 aliphatic carbocycles. The average molecular weight is 377 g/mol. The highest BCUT2D eigenvalue weighted by molar-refractivity contribution is 5.94. The van der Waals surface area contributed by atoms with Crippen LogP contribution < -0.4 is 4.74 Å². The Kier molecular flexibility index (Phi) is 4.02. The summed E-state index contributed by atoms with van der Waals surface area (Å²) in [6.07, 6.45) is 1.81. The number of para-hydroxylation sites is 2. The number of carbonyl (C=O) groups is 1. The minimum Gasteiger partial charge on any atom is -0.457 e. The fourth-order valence-electron chi connectivity index (χ4n) is 4.29. The molecule has 3 heteroatoms. The SMILES string of the molecule is CC(=O)c1cccc(C2(c3ccccn3)c3ccccc3Oc3ccccc32)c1. The number of benzene rings is 3. The van der Waals surface area contributed by atoms with Crippen LogP contribution in [0, 0.1) is 0 Å². The van der Waals surface area contributed by atoms with E-state index in [9.17, 15) is 4.79 Å². The van der Waals surface area contributed by atoms with Crippen molar-refractivity contribution >= 4 is 5.78 Å². The molecule has 0 N–H and O–H groups in total. The summed E-state index contributed by atoms with van der Waals surface area (Å²) >= 11 is 0. The van der Waals surface area contributed by atoms with Crippen molar-refractivity contribution in [3.05, 3.63) is 125 Å². The molecular weight excluding hydrogens is 358 g/mol. The van der Waals surface area contributed by atoms with Crippen molar-refractivity contribution in [3.8, 4) is 11.5 Å². The number of rotatable bonds is 3. The van der Waals surface area contributed by atoms with Gasteiger partial charge in [-0.3, -0.25) is 9.78 Å². The monoisotopic (exact) mass is 377 g/mol. The second kappa shape index (κ2) is 6.71. The normalized spacial score (nSPS) is 13.7. The predicted molar refractivity (Wildman–Crippen MR) is 113 cm³/mol. The summed E-state index contributed by atoms with van der Waals surface area (Å²) in [6, 6.07) is 29.9. The van der Waals surface area contributed by atoms with Gasteiger partial charge in [0.15, 0.2) is 5.78 Å². The average Bonchev–Trinajstić information content (AvgIpc) is 2.78. The molecule has 0 bridgehead atoms. The quantitative estimate of drug-likeness (QED) is 0.375. The maximum absolute atomic E-state index is 12.2. The third kappa shape index (κ3) is 2.59. The number of fused-ring (bicyclic) bond motifs is 2. The summed E-state index contributed by atoms with van der Waals surface area (Å²) in [6.45, 7) is 1.60. The maximum Gasteiger partial charge on any atom is 0.159 e. The highest BCUT2D eigenvalue weighted by Gasteiger charge is 2.46. The van der Waals surface area contributed by atoms with Gasteiger partial charge in [-0.1, -0.05) is 60.7 Å². The summed E-state index contributed by atoms with van der Waals surface area (Å²) in [5.41, 5.74) is 3.91. The van der Waals surface area contributed by atoms with E-state index in [0.717, 1.165) is 33.9 Å². The van der Waals surface area contributed by atoms with E-state index in [1.807, 2.05) is 79.0 Å². The first kappa shape index (κ1) is 17.4. The van der Waals surface area contributed by atoms with Crippen LogP contribution >= 0.6 is 0 Å². The Bertz CT molecular complexity index is 1170. The number of pyridine rings is 1. The molecule has 1 aromatic heterocycles. The number of carbonyl (C=O) groups excluding carboxylic acids is 1. The van der Waals surface area contributed by atoms with Crippen LogP contribution in [-0.2, 0) is 5.41 Å². The van der Waals surface area contributed by atoms with E-state index in [1.165, 1.54) is 0 Å². The van der Waals surface area contributed by atoms with E-state index in [1.54, 1.807) is 6.92 Å². The van der Waals surface area contributed by atoms with Crippen molar-refractivity contribution in [2.24, 2.45) is 0 Å². The molecule has 3 aromatic carbocycles. The molecule has 0 saturated carbocycles. The zero-order chi connectivity index (χ0) is 19.8. The van der Waals surface area contributed by atoms with E-state index in [0.29, 0.717) is 5.56 Å². The number of hydrogen-bond acceptors (Lipinski definition) is 3. The van der Waals surface area contributed by atoms with Crippen LogP contribution in [0.4, 0.5) is 0 Å². The third-order valence-electron chi connectivity index (χ3n) is 5.55. The smallest absolute Gasteiger partial charge is 0.159 e.